The molecular formula is C26H32N2O2. The Hall–Kier alpha value is -2.59. The molecule has 4 atom stereocenters. The number of rotatable bonds is 8. The van der Waals surface area contributed by atoms with E-state index in [0.717, 1.165) is 12.0 Å². The maximum absolute atomic E-state index is 11.3. The normalized spacial score (nSPS) is 21.0. The van der Waals surface area contributed by atoms with Crippen LogP contribution >= 0.6 is 0 Å². The quantitative estimate of drug-likeness (QED) is 0.444. The van der Waals surface area contributed by atoms with Crippen LogP contribution in [0.15, 0.2) is 54.7 Å². The van der Waals surface area contributed by atoms with Gasteiger partial charge in [0.1, 0.15) is 0 Å². The fraction of sp³-hybridized carbons (Fsp3) is 0.423. The Labute approximate surface area is 178 Å². The number of H-pyrrole nitrogens is 1. The standard InChI is InChI=1S/C26H32N2O2/c1-3-19(26(29)30)15-18-7-9-20(10-8-18)21-11-12-22(16-21)28-17(2)23-5-4-6-25-24(23)13-14-27-25/h4-10,13-14,17,19,21-22,27-28H,3,11-12,15-16H2,1-2H3,(H,29,30). The van der Waals surface area contributed by atoms with E-state index >= 15 is 0 Å². The van der Waals surface area contributed by atoms with Crippen LogP contribution in [0.25, 0.3) is 10.9 Å². The van der Waals surface area contributed by atoms with E-state index in [2.05, 4.69) is 65.8 Å². The van der Waals surface area contributed by atoms with E-state index in [1.807, 2.05) is 13.1 Å². The maximum Gasteiger partial charge on any atom is 0.306 e. The van der Waals surface area contributed by atoms with Crippen LogP contribution < -0.4 is 5.32 Å². The third-order valence-corrected chi connectivity index (χ3v) is 6.79. The van der Waals surface area contributed by atoms with Crippen molar-refractivity contribution in [2.75, 3.05) is 0 Å². The number of hydrogen-bond acceptors (Lipinski definition) is 2. The highest BCUT2D eigenvalue weighted by atomic mass is 16.4. The number of aromatic nitrogens is 1. The zero-order valence-electron chi connectivity index (χ0n) is 17.9. The topological polar surface area (TPSA) is 65.1 Å². The van der Waals surface area contributed by atoms with Gasteiger partial charge in [-0.15, -0.1) is 0 Å². The van der Waals surface area contributed by atoms with E-state index in [0.29, 0.717) is 30.8 Å². The fourth-order valence-corrected chi connectivity index (χ4v) is 4.98. The van der Waals surface area contributed by atoms with Gasteiger partial charge in [-0.3, -0.25) is 4.79 Å². The molecule has 158 valence electrons. The van der Waals surface area contributed by atoms with Gasteiger partial charge in [0.15, 0.2) is 0 Å². The third-order valence-electron chi connectivity index (χ3n) is 6.79. The van der Waals surface area contributed by atoms with Crippen LogP contribution in [0.4, 0.5) is 0 Å². The summed E-state index contributed by atoms with van der Waals surface area (Å²) >= 11 is 0. The third kappa shape index (κ3) is 4.44. The van der Waals surface area contributed by atoms with Crippen molar-refractivity contribution in [2.45, 2.75) is 64.0 Å². The van der Waals surface area contributed by atoms with Crippen molar-refractivity contribution in [3.05, 3.63) is 71.4 Å². The summed E-state index contributed by atoms with van der Waals surface area (Å²) in [6.07, 6.45) is 6.83. The van der Waals surface area contributed by atoms with E-state index < -0.39 is 5.97 Å². The van der Waals surface area contributed by atoms with Crippen molar-refractivity contribution in [3.8, 4) is 0 Å². The predicted octanol–water partition coefficient (Wildman–Crippen LogP) is 5.81. The summed E-state index contributed by atoms with van der Waals surface area (Å²) < 4.78 is 0. The Kier molecular flexibility index (Phi) is 6.24. The number of hydrogen-bond donors (Lipinski definition) is 3. The Morgan fingerprint density at radius 1 is 1.17 bits per heavy atom. The molecule has 1 fully saturated rings. The number of aliphatic carboxylic acids is 1. The number of carboxylic acids is 1. The van der Waals surface area contributed by atoms with E-state index in [9.17, 15) is 9.90 Å². The molecule has 4 unspecified atom stereocenters. The first kappa shape index (κ1) is 20.7. The molecule has 2 aromatic carbocycles. The predicted molar refractivity (Wildman–Crippen MR) is 122 cm³/mol. The van der Waals surface area contributed by atoms with E-state index in [1.165, 1.54) is 34.9 Å². The molecule has 3 aromatic rings. The van der Waals surface area contributed by atoms with Crippen LogP contribution in [0.5, 0.6) is 0 Å². The molecule has 3 N–H and O–H groups in total. The molecule has 1 aromatic heterocycles. The summed E-state index contributed by atoms with van der Waals surface area (Å²) in [5.74, 6) is -0.411. The van der Waals surface area contributed by atoms with Crippen molar-refractivity contribution < 1.29 is 9.90 Å². The van der Waals surface area contributed by atoms with Crippen molar-refractivity contribution in [3.63, 3.8) is 0 Å². The highest BCUT2D eigenvalue weighted by molar-refractivity contribution is 5.83. The first-order chi connectivity index (χ1) is 14.5. The van der Waals surface area contributed by atoms with Crippen LogP contribution in [-0.2, 0) is 11.2 Å². The minimum Gasteiger partial charge on any atom is -0.481 e. The summed E-state index contributed by atoms with van der Waals surface area (Å²) in [5, 5.41) is 14.4. The Bertz CT molecular complexity index is 992. The van der Waals surface area contributed by atoms with Gasteiger partial charge >= 0.3 is 5.97 Å². The highest BCUT2D eigenvalue weighted by Gasteiger charge is 2.27. The highest BCUT2D eigenvalue weighted by Crippen LogP contribution is 2.36. The molecule has 4 nitrogen and oxygen atoms in total. The Balaban J connectivity index is 1.36. The molecule has 1 aliphatic rings. The van der Waals surface area contributed by atoms with Gasteiger partial charge in [-0.25, -0.2) is 0 Å². The molecule has 0 bridgehead atoms. The van der Waals surface area contributed by atoms with Gasteiger partial charge in [0, 0.05) is 29.2 Å². The second-order valence-corrected chi connectivity index (χ2v) is 8.77. The zero-order valence-corrected chi connectivity index (χ0v) is 17.9. The lowest BCUT2D eigenvalue weighted by Gasteiger charge is -2.21. The SMILES string of the molecule is CCC(Cc1ccc(C2CCC(NC(C)c3cccc4[nH]ccc34)C2)cc1)C(=O)O. The van der Waals surface area contributed by atoms with Crippen molar-refractivity contribution in [1.82, 2.24) is 10.3 Å². The summed E-state index contributed by atoms with van der Waals surface area (Å²) in [6.45, 7) is 4.20. The van der Waals surface area contributed by atoms with Crippen LogP contribution in [0.2, 0.25) is 0 Å². The molecule has 0 aliphatic heterocycles. The van der Waals surface area contributed by atoms with Gasteiger partial charge in [0.2, 0.25) is 0 Å². The summed E-state index contributed by atoms with van der Waals surface area (Å²) in [4.78, 5) is 14.6. The number of benzene rings is 2. The number of aromatic amines is 1. The molecule has 0 spiro atoms. The lowest BCUT2D eigenvalue weighted by molar-refractivity contribution is -0.141. The number of nitrogens with one attached hydrogen (secondary N) is 2. The second kappa shape index (κ2) is 9.05. The van der Waals surface area contributed by atoms with Gasteiger partial charge in [-0.05, 0) is 73.8 Å². The average Bonchev–Trinajstić information content (AvgIpc) is 3.41. The van der Waals surface area contributed by atoms with Gasteiger partial charge in [0.25, 0.3) is 0 Å². The first-order valence-corrected chi connectivity index (χ1v) is 11.2. The molecular weight excluding hydrogens is 372 g/mol. The Morgan fingerprint density at radius 2 is 1.97 bits per heavy atom. The molecule has 1 heterocycles. The summed E-state index contributed by atoms with van der Waals surface area (Å²) in [6, 6.07) is 18.1. The van der Waals surface area contributed by atoms with Crippen molar-refractivity contribution >= 4 is 16.9 Å². The van der Waals surface area contributed by atoms with Crippen LogP contribution in [0.1, 0.15) is 68.2 Å². The largest absolute Gasteiger partial charge is 0.481 e. The Morgan fingerprint density at radius 3 is 2.70 bits per heavy atom. The van der Waals surface area contributed by atoms with E-state index in [4.69, 9.17) is 0 Å². The minimum absolute atomic E-state index is 0.290. The van der Waals surface area contributed by atoms with E-state index in [1.54, 1.807) is 0 Å². The monoisotopic (exact) mass is 404 g/mol. The minimum atomic E-state index is -0.698. The fourth-order valence-electron chi connectivity index (χ4n) is 4.98. The second-order valence-electron chi connectivity index (χ2n) is 8.77. The molecule has 0 radical (unpaired) electrons. The van der Waals surface area contributed by atoms with Crippen LogP contribution in [0, 0.1) is 5.92 Å². The lowest BCUT2D eigenvalue weighted by atomic mass is 9.93. The summed E-state index contributed by atoms with van der Waals surface area (Å²) in [5.41, 5.74) is 5.05. The lowest BCUT2D eigenvalue weighted by Crippen LogP contribution is -2.29. The van der Waals surface area contributed by atoms with Gasteiger partial charge in [-0.2, -0.15) is 0 Å². The number of carboxylic acid groups (broad SMARTS) is 1. The first-order valence-electron chi connectivity index (χ1n) is 11.2. The number of fused-ring (bicyclic) bond motifs is 1. The van der Waals surface area contributed by atoms with Crippen LogP contribution in [0.3, 0.4) is 0 Å². The smallest absolute Gasteiger partial charge is 0.306 e. The molecule has 4 rings (SSSR count). The van der Waals surface area contributed by atoms with Crippen molar-refractivity contribution in [2.24, 2.45) is 5.92 Å². The molecule has 1 saturated carbocycles. The van der Waals surface area contributed by atoms with E-state index in [-0.39, 0.29) is 5.92 Å². The average molecular weight is 405 g/mol. The van der Waals surface area contributed by atoms with Gasteiger partial charge < -0.3 is 15.4 Å². The molecule has 4 heteroatoms. The zero-order chi connectivity index (χ0) is 21.1. The van der Waals surface area contributed by atoms with Crippen molar-refractivity contribution in [1.29, 1.82) is 0 Å². The van der Waals surface area contributed by atoms with Gasteiger partial charge in [0.05, 0.1) is 5.92 Å². The molecule has 30 heavy (non-hydrogen) atoms. The molecule has 0 saturated heterocycles. The number of carbonyl (C=O) groups is 1. The van der Waals surface area contributed by atoms with Gasteiger partial charge in [-0.1, -0.05) is 43.3 Å². The maximum atomic E-state index is 11.3. The van der Waals surface area contributed by atoms with Crippen LogP contribution in [-0.4, -0.2) is 22.1 Å². The summed E-state index contributed by atoms with van der Waals surface area (Å²) in [7, 11) is 0. The molecule has 0 amide bonds. The molecule has 1 aliphatic carbocycles.